The van der Waals surface area contributed by atoms with Crippen molar-refractivity contribution in [3.63, 3.8) is 0 Å². The number of rotatable bonds is 4. The van der Waals surface area contributed by atoms with Gasteiger partial charge in [0.25, 0.3) is 0 Å². The van der Waals surface area contributed by atoms with E-state index < -0.39 is 27.6 Å². The maximum absolute atomic E-state index is 11.7. The van der Waals surface area contributed by atoms with Crippen molar-refractivity contribution < 1.29 is 22.7 Å². The highest BCUT2D eigenvalue weighted by Gasteiger charge is 2.24. The number of nitrogens with one attached hydrogen (secondary N) is 1. The van der Waals surface area contributed by atoms with Gasteiger partial charge in [0.2, 0.25) is 0 Å². The Balaban J connectivity index is 3.07. The van der Waals surface area contributed by atoms with Gasteiger partial charge in [-0.3, -0.25) is 0 Å². The van der Waals surface area contributed by atoms with Crippen molar-refractivity contribution in [1.29, 1.82) is 0 Å². The van der Waals surface area contributed by atoms with E-state index in [-0.39, 0.29) is 10.5 Å². The van der Waals surface area contributed by atoms with E-state index in [1.54, 1.807) is 32.9 Å². The van der Waals surface area contributed by atoms with Crippen LogP contribution in [0, 0.1) is 0 Å². The molecule has 7 heteroatoms. The number of carbonyl (C=O) groups is 2. The Kier molecular flexibility index (Phi) is 5.11. The van der Waals surface area contributed by atoms with E-state index in [2.05, 4.69) is 5.32 Å². The SMILES string of the molecule is CC(C)(C)OC(=O)NC(C=O)c1ccccc1S(C)(=O)=O. The van der Waals surface area contributed by atoms with E-state index in [9.17, 15) is 18.0 Å². The maximum atomic E-state index is 11.7. The fourth-order valence-corrected chi connectivity index (χ4v) is 2.64. The molecular formula is C14H19NO5S. The molecule has 1 rings (SSSR count). The van der Waals surface area contributed by atoms with Gasteiger partial charge in [0.1, 0.15) is 17.9 Å². The number of aldehydes is 1. The molecule has 1 unspecified atom stereocenters. The summed E-state index contributed by atoms with van der Waals surface area (Å²) in [6, 6.07) is 4.92. The lowest BCUT2D eigenvalue weighted by Crippen LogP contribution is -2.36. The maximum Gasteiger partial charge on any atom is 0.408 e. The quantitative estimate of drug-likeness (QED) is 0.857. The predicted octanol–water partition coefficient (Wildman–Crippen LogP) is 1.85. The summed E-state index contributed by atoms with van der Waals surface area (Å²) in [7, 11) is -3.51. The first kappa shape index (κ1) is 17.2. The second kappa shape index (κ2) is 6.26. The van der Waals surface area contributed by atoms with Crippen molar-refractivity contribution in [2.24, 2.45) is 0 Å². The first-order valence-corrected chi connectivity index (χ1v) is 8.17. The Morgan fingerprint density at radius 3 is 2.33 bits per heavy atom. The molecule has 1 atom stereocenters. The normalized spacial score (nSPS) is 13.3. The van der Waals surface area contributed by atoms with E-state index in [4.69, 9.17) is 4.74 Å². The molecule has 0 aromatic heterocycles. The molecule has 0 radical (unpaired) electrons. The van der Waals surface area contributed by atoms with Crippen LogP contribution in [0.1, 0.15) is 32.4 Å². The fraction of sp³-hybridized carbons (Fsp3) is 0.429. The molecule has 6 nitrogen and oxygen atoms in total. The number of ether oxygens (including phenoxy) is 1. The monoisotopic (exact) mass is 313 g/mol. The molecule has 21 heavy (non-hydrogen) atoms. The predicted molar refractivity (Wildman–Crippen MR) is 77.7 cm³/mol. The van der Waals surface area contributed by atoms with Gasteiger partial charge in [-0.25, -0.2) is 13.2 Å². The van der Waals surface area contributed by atoms with Gasteiger partial charge in [0.15, 0.2) is 9.84 Å². The number of benzene rings is 1. The Hall–Kier alpha value is -1.89. The minimum Gasteiger partial charge on any atom is -0.444 e. The third-order valence-electron chi connectivity index (χ3n) is 2.46. The summed E-state index contributed by atoms with van der Waals surface area (Å²) in [5, 5.41) is 2.36. The molecule has 1 N–H and O–H groups in total. The Morgan fingerprint density at radius 2 is 1.86 bits per heavy atom. The smallest absolute Gasteiger partial charge is 0.408 e. The van der Waals surface area contributed by atoms with Gasteiger partial charge in [0, 0.05) is 11.8 Å². The molecule has 0 saturated carbocycles. The van der Waals surface area contributed by atoms with Crippen LogP contribution in [0.25, 0.3) is 0 Å². The highest BCUT2D eigenvalue weighted by Crippen LogP contribution is 2.21. The summed E-state index contributed by atoms with van der Waals surface area (Å²) in [6.07, 6.45) is 0.720. The van der Waals surface area contributed by atoms with Crippen LogP contribution in [0.5, 0.6) is 0 Å². The number of sulfone groups is 1. The van der Waals surface area contributed by atoms with Crippen molar-refractivity contribution in [2.45, 2.75) is 37.3 Å². The number of alkyl carbamates (subject to hydrolysis) is 1. The summed E-state index contributed by atoms with van der Waals surface area (Å²) >= 11 is 0. The van der Waals surface area contributed by atoms with Crippen molar-refractivity contribution in [3.8, 4) is 0 Å². The van der Waals surface area contributed by atoms with E-state index in [0.717, 1.165) is 6.26 Å². The van der Waals surface area contributed by atoms with Crippen LogP contribution in [0.15, 0.2) is 29.2 Å². The molecule has 0 aliphatic heterocycles. The molecule has 0 aliphatic carbocycles. The third-order valence-corrected chi connectivity index (χ3v) is 3.63. The minimum absolute atomic E-state index is 0.00170. The fourth-order valence-electron chi connectivity index (χ4n) is 1.69. The average Bonchev–Trinajstić information content (AvgIpc) is 2.32. The van der Waals surface area contributed by atoms with Gasteiger partial charge in [-0.05, 0) is 26.8 Å². The zero-order valence-electron chi connectivity index (χ0n) is 12.4. The van der Waals surface area contributed by atoms with Gasteiger partial charge in [0.05, 0.1) is 4.90 Å². The molecule has 0 aliphatic rings. The molecule has 1 amide bonds. The van der Waals surface area contributed by atoms with Crippen LogP contribution in [0.2, 0.25) is 0 Å². The molecule has 0 bridgehead atoms. The standard InChI is InChI=1S/C14H19NO5S/c1-14(2,3)20-13(17)15-11(9-16)10-7-5-6-8-12(10)21(4,18)19/h5-9,11H,1-4H3,(H,15,17). The first-order valence-electron chi connectivity index (χ1n) is 6.28. The van der Waals surface area contributed by atoms with Crippen molar-refractivity contribution in [2.75, 3.05) is 6.26 Å². The zero-order valence-corrected chi connectivity index (χ0v) is 13.2. The molecular weight excluding hydrogens is 294 g/mol. The summed E-state index contributed by atoms with van der Waals surface area (Å²) in [5.41, 5.74) is -0.505. The third kappa shape index (κ3) is 5.18. The lowest BCUT2D eigenvalue weighted by Gasteiger charge is -2.22. The van der Waals surface area contributed by atoms with Crippen LogP contribution >= 0.6 is 0 Å². The molecule has 116 valence electrons. The first-order chi connectivity index (χ1) is 9.54. The largest absolute Gasteiger partial charge is 0.444 e. The Bertz CT molecular complexity index is 631. The van der Waals surface area contributed by atoms with E-state index in [1.807, 2.05) is 0 Å². The molecule has 0 saturated heterocycles. The summed E-state index contributed by atoms with van der Waals surface area (Å²) in [4.78, 5) is 22.9. The molecule has 1 aromatic rings. The van der Waals surface area contributed by atoms with Crippen LogP contribution in [0.4, 0.5) is 4.79 Å². The van der Waals surface area contributed by atoms with Crippen LogP contribution < -0.4 is 5.32 Å². The number of amides is 1. The highest BCUT2D eigenvalue weighted by atomic mass is 32.2. The van der Waals surface area contributed by atoms with Crippen molar-refractivity contribution in [3.05, 3.63) is 29.8 Å². The van der Waals surface area contributed by atoms with Gasteiger partial charge in [-0.2, -0.15) is 0 Å². The van der Waals surface area contributed by atoms with E-state index >= 15 is 0 Å². The van der Waals surface area contributed by atoms with E-state index in [0.29, 0.717) is 6.29 Å². The molecule has 0 heterocycles. The molecule has 0 fully saturated rings. The lowest BCUT2D eigenvalue weighted by molar-refractivity contribution is -0.109. The van der Waals surface area contributed by atoms with E-state index in [1.165, 1.54) is 12.1 Å². The molecule has 0 spiro atoms. The van der Waals surface area contributed by atoms with Crippen LogP contribution in [-0.2, 0) is 19.4 Å². The second-order valence-corrected chi connectivity index (χ2v) is 7.55. The average molecular weight is 313 g/mol. The van der Waals surface area contributed by atoms with Gasteiger partial charge in [-0.15, -0.1) is 0 Å². The van der Waals surface area contributed by atoms with Gasteiger partial charge < -0.3 is 14.8 Å². The summed E-state index contributed by atoms with van der Waals surface area (Å²) < 4.78 is 28.5. The topological polar surface area (TPSA) is 89.5 Å². The Morgan fingerprint density at radius 1 is 1.29 bits per heavy atom. The van der Waals surface area contributed by atoms with Crippen molar-refractivity contribution >= 4 is 22.2 Å². The Labute approximate surface area is 124 Å². The lowest BCUT2D eigenvalue weighted by atomic mass is 10.1. The molecule has 1 aromatic carbocycles. The second-order valence-electron chi connectivity index (χ2n) is 5.57. The van der Waals surface area contributed by atoms with Crippen molar-refractivity contribution in [1.82, 2.24) is 5.32 Å². The van der Waals surface area contributed by atoms with Gasteiger partial charge in [-0.1, -0.05) is 18.2 Å². The number of carbonyl (C=O) groups excluding carboxylic acids is 2. The van der Waals surface area contributed by atoms with Crippen LogP contribution in [0.3, 0.4) is 0 Å². The number of hydrogen-bond donors (Lipinski definition) is 1. The van der Waals surface area contributed by atoms with Crippen LogP contribution in [-0.4, -0.2) is 32.7 Å². The van der Waals surface area contributed by atoms with Gasteiger partial charge >= 0.3 is 6.09 Å². The number of hydrogen-bond acceptors (Lipinski definition) is 5. The summed E-state index contributed by atoms with van der Waals surface area (Å²) in [6.45, 7) is 5.06. The summed E-state index contributed by atoms with van der Waals surface area (Å²) in [5.74, 6) is 0. The zero-order chi connectivity index (χ0) is 16.3. The highest BCUT2D eigenvalue weighted by molar-refractivity contribution is 7.90. The minimum atomic E-state index is -3.51.